The van der Waals surface area contributed by atoms with Gasteiger partial charge in [-0.05, 0) is 12.8 Å². The summed E-state index contributed by atoms with van der Waals surface area (Å²) in [6.45, 7) is 4.13. The van der Waals surface area contributed by atoms with Crippen LogP contribution in [0.5, 0.6) is 0 Å². The number of rotatable bonds is 3. The van der Waals surface area contributed by atoms with Crippen LogP contribution >= 0.6 is 11.8 Å². The number of amidine groups is 1. The third-order valence-corrected chi connectivity index (χ3v) is 4.52. The summed E-state index contributed by atoms with van der Waals surface area (Å²) in [6, 6.07) is 1.86. The molecule has 0 fully saturated rings. The molecule has 0 amide bonds. The Morgan fingerprint density at radius 1 is 1.21 bits per heavy atom. The Morgan fingerprint density at radius 3 is 2.26 bits per heavy atom. The molecule has 1 aromatic rings. The molecule has 0 aromatic heterocycles. The van der Waals surface area contributed by atoms with Crippen LogP contribution in [-0.4, -0.2) is 16.5 Å². The monoisotopic (exact) mass is 288 g/mol. The van der Waals surface area contributed by atoms with Crippen LogP contribution in [0.2, 0.25) is 0 Å². The average molecular weight is 288 g/mol. The van der Waals surface area contributed by atoms with Crippen LogP contribution in [0.25, 0.3) is 0 Å². The maximum atomic E-state index is 13.1. The van der Waals surface area contributed by atoms with Gasteiger partial charge in [0.15, 0.2) is 22.6 Å². The fourth-order valence-electron chi connectivity index (χ4n) is 1.91. The second kappa shape index (κ2) is 5.45. The Balaban J connectivity index is 2.19. The van der Waals surface area contributed by atoms with Crippen LogP contribution in [0.15, 0.2) is 17.1 Å². The van der Waals surface area contributed by atoms with Crippen molar-refractivity contribution < 1.29 is 13.2 Å². The molecule has 0 aliphatic carbocycles. The minimum absolute atomic E-state index is 0.107. The van der Waals surface area contributed by atoms with E-state index in [4.69, 9.17) is 0 Å². The van der Waals surface area contributed by atoms with Gasteiger partial charge in [-0.3, -0.25) is 4.99 Å². The standard InChI is InChI=1S/C13H15F3N2S/c1-3-13(4-2)7-19-12(18-13)17-8-5-9(14)11(16)10(15)6-8/h5-6H,3-4,7H2,1-2H3,(H,17,18). The highest BCUT2D eigenvalue weighted by molar-refractivity contribution is 8.14. The molecule has 0 unspecified atom stereocenters. The lowest BCUT2D eigenvalue weighted by atomic mass is 9.97. The van der Waals surface area contributed by atoms with E-state index in [1.807, 2.05) is 0 Å². The van der Waals surface area contributed by atoms with Gasteiger partial charge in [0.05, 0.1) is 5.54 Å². The number of halogens is 3. The van der Waals surface area contributed by atoms with Crippen molar-refractivity contribution in [3.63, 3.8) is 0 Å². The van der Waals surface area contributed by atoms with E-state index >= 15 is 0 Å². The van der Waals surface area contributed by atoms with Gasteiger partial charge in [-0.25, -0.2) is 13.2 Å². The molecule has 19 heavy (non-hydrogen) atoms. The molecule has 1 aliphatic heterocycles. The predicted molar refractivity (Wildman–Crippen MR) is 73.1 cm³/mol. The normalized spacial score (nSPS) is 17.4. The minimum atomic E-state index is -1.46. The van der Waals surface area contributed by atoms with Crippen LogP contribution in [0.1, 0.15) is 26.7 Å². The van der Waals surface area contributed by atoms with E-state index in [0.29, 0.717) is 5.17 Å². The van der Waals surface area contributed by atoms with Crippen molar-refractivity contribution in [1.82, 2.24) is 0 Å². The number of aliphatic imine (C=N–C) groups is 1. The van der Waals surface area contributed by atoms with Gasteiger partial charge in [0, 0.05) is 23.6 Å². The SMILES string of the molecule is CCC1(CC)CSC(Nc2cc(F)c(F)c(F)c2)=N1. The number of anilines is 1. The Bertz CT molecular complexity index is 490. The largest absolute Gasteiger partial charge is 0.335 e. The van der Waals surface area contributed by atoms with Gasteiger partial charge in [0.25, 0.3) is 0 Å². The Labute approximate surface area is 114 Å². The van der Waals surface area contributed by atoms with E-state index in [1.54, 1.807) is 0 Å². The van der Waals surface area contributed by atoms with Gasteiger partial charge in [0.1, 0.15) is 0 Å². The molecule has 1 aliphatic rings. The molecule has 104 valence electrons. The lowest BCUT2D eigenvalue weighted by Gasteiger charge is -2.20. The lowest BCUT2D eigenvalue weighted by Crippen LogP contribution is -2.24. The molecule has 0 spiro atoms. The van der Waals surface area contributed by atoms with Crippen molar-refractivity contribution >= 4 is 22.6 Å². The first kappa shape index (κ1) is 14.2. The first-order valence-corrected chi connectivity index (χ1v) is 7.12. The van der Waals surface area contributed by atoms with Gasteiger partial charge in [0.2, 0.25) is 0 Å². The van der Waals surface area contributed by atoms with E-state index in [9.17, 15) is 13.2 Å². The summed E-state index contributed by atoms with van der Waals surface area (Å²) in [6.07, 6.45) is 1.82. The maximum absolute atomic E-state index is 13.1. The third kappa shape index (κ3) is 2.88. The number of nitrogens with zero attached hydrogens (tertiary/aromatic N) is 1. The number of hydrogen-bond donors (Lipinski definition) is 1. The quantitative estimate of drug-likeness (QED) is 0.844. The van der Waals surface area contributed by atoms with Crippen LogP contribution in [0.4, 0.5) is 18.9 Å². The first-order chi connectivity index (χ1) is 8.99. The zero-order valence-corrected chi connectivity index (χ0v) is 11.6. The highest BCUT2D eigenvalue weighted by Gasteiger charge is 2.32. The van der Waals surface area contributed by atoms with Crippen LogP contribution in [-0.2, 0) is 0 Å². The molecule has 0 bridgehead atoms. The Kier molecular flexibility index (Phi) is 4.08. The third-order valence-electron chi connectivity index (χ3n) is 3.37. The van der Waals surface area contributed by atoms with Gasteiger partial charge in [-0.1, -0.05) is 25.6 Å². The van der Waals surface area contributed by atoms with E-state index in [2.05, 4.69) is 24.2 Å². The molecule has 1 heterocycles. The first-order valence-electron chi connectivity index (χ1n) is 6.14. The summed E-state index contributed by atoms with van der Waals surface area (Å²) in [5, 5.41) is 3.46. The van der Waals surface area contributed by atoms with Crippen molar-refractivity contribution in [2.45, 2.75) is 32.2 Å². The highest BCUT2D eigenvalue weighted by atomic mass is 32.2. The van der Waals surface area contributed by atoms with Gasteiger partial charge in [-0.15, -0.1) is 0 Å². The lowest BCUT2D eigenvalue weighted by molar-refractivity contribution is 0.448. The van der Waals surface area contributed by atoms with E-state index in [0.717, 1.165) is 30.7 Å². The van der Waals surface area contributed by atoms with Crippen molar-refractivity contribution in [2.24, 2.45) is 4.99 Å². The molecule has 0 radical (unpaired) electrons. The van der Waals surface area contributed by atoms with Gasteiger partial charge in [-0.2, -0.15) is 0 Å². The summed E-state index contributed by atoms with van der Waals surface area (Å²) < 4.78 is 39.0. The summed E-state index contributed by atoms with van der Waals surface area (Å²) in [5.74, 6) is -3.02. The Morgan fingerprint density at radius 2 is 1.79 bits per heavy atom. The number of hydrogen-bond acceptors (Lipinski definition) is 3. The number of thioether (sulfide) groups is 1. The molecule has 0 atom stereocenters. The molecular formula is C13H15F3N2S. The summed E-state index contributed by atoms with van der Waals surface area (Å²) >= 11 is 1.51. The topological polar surface area (TPSA) is 24.4 Å². The molecule has 0 saturated carbocycles. The van der Waals surface area contributed by atoms with Crippen molar-refractivity contribution in [2.75, 3.05) is 11.1 Å². The van der Waals surface area contributed by atoms with E-state index in [1.165, 1.54) is 11.8 Å². The molecule has 2 rings (SSSR count). The maximum Gasteiger partial charge on any atom is 0.194 e. The summed E-state index contributed by atoms with van der Waals surface area (Å²) in [4.78, 5) is 4.56. The van der Waals surface area contributed by atoms with Crippen molar-refractivity contribution in [1.29, 1.82) is 0 Å². The molecule has 0 saturated heterocycles. The van der Waals surface area contributed by atoms with Crippen LogP contribution in [0.3, 0.4) is 0 Å². The van der Waals surface area contributed by atoms with E-state index in [-0.39, 0.29) is 11.2 Å². The average Bonchev–Trinajstić information content (AvgIpc) is 2.80. The molecule has 1 aromatic carbocycles. The molecular weight excluding hydrogens is 273 g/mol. The molecule has 2 nitrogen and oxygen atoms in total. The highest BCUT2D eigenvalue weighted by Crippen LogP contribution is 2.34. The van der Waals surface area contributed by atoms with Gasteiger partial charge < -0.3 is 5.32 Å². The van der Waals surface area contributed by atoms with E-state index < -0.39 is 17.5 Å². The zero-order valence-electron chi connectivity index (χ0n) is 10.8. The Hall–Kier alpha value is -1.17. The summed E-state index contributed by atoms with van der Waals surface area (Å²) in [7, 11) is 0. The second-order valence-corrected chi connectivity index (χ2v) is 5.48. The summed E-state index contributed by atoms with van der Waals surface area (Å²) in [5.41, 5.74) is 0.0649. The predicted octanol–water partition coefficient (Wildman–Crippen LogP) is 4.18. The number of benzene rings is 1. The fourth-order valence-corrected chi connectivity index (χ4v) is 3.24. The zero-order chi connectivity index (χ0) is 14.0. The number of nitrogens with one attached hydrogen (secondary N) is 1. The molecule has 6 heteroatoms. The smallest absolute Gasteiger partial charge is 0.194 e. The second-order valence-electron chi connectivity index (χ2n) is 4.52. The van der Waals surface area contributed by atoms with Crippen molar-refractivity contribution in [3.8, 4) is 0 Å². The van der Waals surface area contributed by atoms with Gasteiger partial charge >= 0.3 is 0 Å². The molecule has 1 N–H and O–H groups in total. The van der Waals surface area contributed by atoms with Crippen LogP contribution in [0, 0.1) is 17.5 Å². The van der Waals surface area contributed by atoms with Crippen LogP contribution < -0.4 is 5.32 Å². The minimum Gasteiger partial charge on any atom is -0.335 e. The van der Waals surface area contributed by atoms with Crippen molar-refractivity contribution in [3.05, 3.63) is 29.6 Å². The fraction of sp³-hybridized carbons (Fsp3) is 0.462.